The van der Waals surface area contributed by atoms with Gasteiger partial charge >= 0.3 is 0 Å². The maximum absolute atomic E-state index is 13.3. The SMILES string of the molecule is O=C(NC1CCN(c2ccc(N3CCCCCC3)nn2)CC1)c1ccc(F)c(F)c1. The molecule has 1 aromatic carbocycles. The molecular weight excluding hydrogens is 388 g/mol. The normalized spacial score (nSPS) is 18.2. The lowest BCUT2D eigenvalue weighted by Gasteiger charge is -2.33. The number of hydrogen-bond acceptors (Lipinski definition) is 5. The van der Waals surface area contributed by atoms with Gasteiger partial charge in [0.2, 0.25) is 0 Å². The number of aromatic nitrogens is 2. The summed E-state index contributed by atoms with van der Waals surface area (Å²) in [6.45, 7) is 3.58. The molecule has 30 heavy (non-hydrogen) atoms. The smallest absolute Gasteiger partial charge is 0.251 e. The maximum atomic E-state index is 13.3. The van der Waals surface area contributed by atoms with E-state index in [0.29, 0.717) is 0 Å². The third-order valence-corrected chi connectivity index (χ3v) is 5.90. The van der Waals surface area contributed by atoms with Crippen molar-refractivity contribution in [2.24, 2.45) is 0 Å². The molecule has 6 nitrogen and oxygen atoms in total. The molecule has 8 heteroatoms. The molecule has 2 fully saturated rings. The van der Waals surface area contributed by atoms with Crippen molar-refractivity contribution in [3.05, 3.63) is 47.5 Å². The molecule has 4 rings (SSSR count). The molecule has 0 saturated carbocycles. The van der Waals surface area contributed by atoms with Crippen LogP contribution in [-0.2, 0) is 0 Å². The van der Waals surface area contributed by atoms with Crippen LogP contribution in [0.25, 0.3) is 0 Å². The van der Waals surface area contributed by atoms with Crippen molar-refractivity contribution in [3.63, 3.8) is 0 Å². The quantitative estimate of drug-likeness (QED) is 0.828. The van der Waals surface area contributed by atoms with Gasteiger partial charge in [-0.2, -0.15) is 0 Å². The first-order valence-corrected chi connectivity index (χ1v) is 10.7. The van der Waals surface area contributed by atoms with Crippen LogP contribution in [0.15, 0.2) is 30.3 Å². The summed E-state index contributed by atoms with van der Waals surface area (Å²) >= 11 is 0. The first kappa shape index (κ1) is 20.5. The number of carbonyl (C=O) groups excluding carboxylic acids is 1. The molecule has 0 bridgehead atoms. The number of anilines is 2. The highest BCUT2D eigenvalue weighted by Crippen LogP contribution is 2.21. The van der Waals surface area contributed by atoms with Crippen LogP contribution in [0.3, 0.4) is 0 Å². The number of benzene rings is 1. The minimum Gasteiger partial charge on any atom is -0.355 e. The largest absolute Gasteiger partial charge is 0.355 e. The van der Waals surface area contributed by atoms with Gasteiger partial charge in [-0.25, -0.2) is 8.78 Å². The van der Waals surface area contributed by atoms with Gasteiger partial charge in [-0.15, -0.1) is 10.2 Å². The van der Waals surface area contributed by atoms with Gasteiger partial charge in [-0.05, 0) is 56.0 Å². The van der Waals surface area contributed by atoms with Crippen LogP contribution in [0.1, 0.15) is 48.9 Å². The van der Waals surface area contributed by atoms with Crippen molar-refractivity contribution in [2.45, 2.75) is 44.6 Å². The van der Waals surface area contributed by atoms with Crippen LogP contribution in [0.4, 0.5) is 20.4 Å². The van der Waals surface area contributed by atoms with Gasteiger partial charge in [-0.1, -0.05) is 12.8 Å². The average Bonchev–Trinajstić information content (AvgIpc) is 3.06. The second-order valence-electron chi connectivity index (χ2n) is 8.01. The number of nitrogens with one attached hydrogen (secondary N) is 1. The summed E-state index contributed by atoms with van der Waals surface area (Å²) in [4.78, 5) is 16.8. The third-order valence-electron chi connectivity index (χ3n) is 5.90. The van der Waals surface area contributed by atoms with E-state index in [4.69, 9.17) is 0 Å². The Bertz CT molecular complexity index is 860. The van der Waals surface area contributed by atoms with E-state index in [1.807, 2.05) is 12.1 Å². The fraction of sp³-hybridized carbons (Fsp3) is 0.500. The minimum absolute atomic E-state index is 0.00815. The van der Waals surface area contributed by atoms with E-state index in [0.717, 1.165) is 62.8 Å². The Morgan fingerprint density at radius 3 is 2.00 bits per heavy atom. The van der Waals surface area contributed by atoms with E-state index in [1.54, 1.807) is 0 Å². The van der Waals surface area contributed by atoms with Crippen LogP contribution in [-0.4, -0.2) is 48.3 Å². The molecule has 1 aromatic heterocycles. The molecule has 0 aliphatic carbocycles. The van der Waals surface area contributed by atoms with Crippen LogP contribution in [0, 0.1) is 11.6 Å². The highest BCUT2D eigenvalue weighted by Gasteiger charge is 2.23. The first-order chi connectivity index (χ1) is 14.6. The molecule has 1 N–H and O–H groups in total. The van der Waals surface area contributed by atoms with Gasteiger partial charge < -0.3 is 15.1 Å². The second-order valence-corrected chi connectivity index (χ2v) is 8.01. The van der Waals surface area contributed by atoms with E-state index >= 15 is 0 Å². The molecule has 0 atom stereocenters. The number of hydrogen-bond donors (Lipinski definition) is 1. The Morgan fingerprint density at radius 1 is 0.833 bits per heavy atom. The zero-order valence-corrected chi connectivity index (χ0v) is 17.0. The zero-order valence-electron chi connectivity index (χ0n) is 17.0. The molecule has 2 aromatic rings. The molecule has 3 heterocycles. The second kappa shape index (κ2) is 9.36. The summed E-state index contributed by atoms with van der Waals surface area (Å²) < 4.78 is 26.4. The van der Waals surface area contributed by atoms with Crippen LogP contribution in [0.2, 0.25) is 0 Å². The molecule has 0 radical (unpaired) electrons. The van der Waals surface area contributed by atoms with E-state index in [2.05, 4.69) is 25.3 Å². The van der Waals surface area contributed by atoms with Crippen molar-refractivity contribution < 1.29 is 13.6 Å². The lowest BCUT2D eigenvalue weighted by atomic mass is 10.0. The van der Waals surface area contributed by atoms with E-state index in [1.165, 1.54) is 31.7 Å². The Balaban J connectivity index is 1.29. The summed E-state index contributed by atoms with van der Waals surface area (Å²) in [5, 5.41) is 11.8. The standard InChI is InChI=1S/C22H27F2N5O/c23-18-6-5-16(15-19(18)24)22(30)25-17-9-13-29(14-10-17)21-8-7-20(26-27-21)28-11-3-1-2-4-12-28/h5-8,15,17H,1-4,9-14H2,(H,25,30). The van der Waals surface area contributed by atoms with Crippen LogP contribution >= 0.6 is 0 Å². The number of rotatable bonds is 4. The Morgan fingerprint density at radius 2 is 1.43 bits per heavy atom. The maximum Gasteiger partial charge on any atom is 0.251 e. The topological polar surface area (TPSA) is 61.4 Å². The molecule has 2 aliphatic heterocycles. The number of carbonyl (C=O) groups is 1. The van der Waals surface area contributed by atoms with Crippen molar-refractivity contribution in [1.29, 1.82) is 0 Å². The Hall–Kier alpha value is -2.77. The molecule has 2 saturated heterocycles. The van der Waals surface area contributed by atoms with Gasteiger partial charge in [0.1, 0.15) is 0 Å². The fourth-order valence-electron chi connectivity index (χ4n) is 4.11. The lowest BCUT2D eigenvalue weighted by molar-refractivity contribution is 0.0930. The first-order valence-electron chi connectivity index (χ1n) is 10.7. The monoisotopic (exact) mass is 415 g/mol. The Labute approximate surface area is 175 Å². The summed E-state index contributed by atoms with van der Waals surface area (Å²) in [7, 11) is 0. The molecule has 2 aliphatic rings. The van der Waals surface area contributed by atoms with Gasteiger partial charge in [0.15, 0.2) is 23.3 Å². The summed E-state index contributed by atoms with van der Waals surface area (Å²) in [5.74, 6) is -0.565. The minimum atomic E-state index is -1.01. The van der Waals surface area contributed by atoms with E-state index in [-0.39, 0.29) is 17.5 Å². The van der Waals surface area contributed by atoms with Crippen molar-refractivity contribution in [1.82, 2.24) is 15.5 Å². The molecule has 0 unspecified atom stereocenters. The highest BCUT2D eigenvalue weighted by molar-refractivity contribution is 5.94. The number of amides is 1. The molecule has 0 spiro atoms. The zero-order chi connectivity index (χ0) is 20.9. The number of nitrogens with zero attached hydrogens (tertiary/aromatic N) is 4. The van der Waals surface area contributed by atoms with Crippen LogP contribution < -0.4 is 15.1 Å². The lowest BCUT2D eigenvalue weighted by Crippen LogP contribution is -2.45. The summed E-state index contributed by atoms with van der Waals surface area (Å²) in [5.41, 5.74) is 0.131. The number of piperidine rings is 1. The van der Waals surface area contributed by atoms with Crippen LogP contribution in [0.5, 0.6) is 0 Å². The van der Waals surface area contributed by atoms with Gasteiger partial charge in [0.25, 0.3) is 5.91 Å². The van der Waals surface area contributed by atoms with E-state index < -0.39 is 11.6 Å². The third kappa shape index (κ3) is 4.86. The van der Waals surface area contributed by atoms with Crippen molar-refractivity contribution in [2.75, 3.05) is 36.0 Å². The van der Waals surface area contributed by atoms with Gasteiger partial charge in [-0.3, -0.25) is 4.79 Å². The molecular formula is C22H27F2N5O. The molecule has 1 amide bonds. The van der Waals surface area contributed by atoms with Gasteiger partial charge in [0.05, 0.1) is 0 Å². The summed E-state index contributed by atoms with van der Waals surface area (Å²) in [6, 6.07) is 7.26. The van der Waals surface area contributed by atoms with E-state index in [9.17, 15) is 13.6 Å². The van der Waals surface area contributed by atoms with Gasteiger partial charge in [0, 0.05) is 37.8 Å². The predicted octanol–water partition coefficient (Wildman–Crippen LogP) is 3.53. The fourth-order valence-corrected chi connectivity index (χ4v) is 4.11. The highest BCUT2D eigenvalue weighted by atomic mass is 19.2. The Kier molecular flexibility index (Phi) is 6.40. The number of halogens is 2. The van der Waals surface area contributed by atoms with Crippen molar-refractivity contribution >= 4 is 17.5 Å². The summed E-state index contributed by atoms with van der Waals surface area (Å²) in [6.07, 6.45) is 6.48. The van der Waals surface area contributed by atoms with Crippen molar-refractivity contribution in [3.8, 4) is 0 Å². The predicted molar refractivity (Wildman–Crippen MR) is 112 cm³/mol. The molecule has 160 valence electrons. The average molecular weight is 415 g/mol.